The molecule has 0 atom stereocenters. The van der Waals surface area contributed by atoms with Gasteiger partial charge in [-0.2, -0.15) is 0 Å². The number of phenols is 1. The average Bonchev–Trinajstić information content (AvgIpc) is 3.42. The van der Waals surface area contributed by atoms with Gasteiger partial charge in [0.25, 0.3) is 0 Å². The minimum atomic E-state index is -1.14. The van der Waals surface area contributed by atoms with Crippen molar-refractivity contribution < 1.29 is 15.0 Å². The number of anilines is 1. The number of rotatable bonds is 14. The van der Waals surface area contributed by atoms with Gasteiger partial charge in [0.1, 0.15) is 11.3 Å². The van der Waals surface area contributed by atoms with E-state index >= 15 is 0 Å². The van der Waals surface area contributed by atoms with Gasteiger partial charge < -0.3 is 15.1 Å². The average molecular weight is 502 g/mol. The van der Waals surface area contributed by atoms with Crippen molar-refractivity contribution in [2.45, 2.75) is 96.9 Å². The highest BCUT2D eigenvalue weighted by Gasteiger charge is 2.19. The molecule has 2 aromatic rings. The summed E-state index contributed by atoms with van der Waals surface area (Å²) in [5, 5.41) is 19.5. The third-order valence-electron chi connectivity index (χ3n) is 7.40. The van der Waals surface area contributed by atoms with Crippen molar-refractivity contribution in [1.82, 2.24) is 0 Å². The number of nitrogens with zero attached hydrogens (tertiary/aromatic N) is 1. The molecule has 198 valence electrons. The Morgan fingerprint density at radius 3 is 2.43 bits per heavy atom. The fourth-order valence-electron chi connectivity index (χ4n) is 5.09. The zero-order valence-electron chi connectivity index (χ0n) is 22.5. The van der Waals surface area contributed by atoms with Gasteiger partial charge in [-0.3, -0.25) is 0 Å². The monoisotopic (exact) mass is 501 g/mol. The van der Waals surface area contributed by atoms with Crippen molar-refractivity contribution in [2.24, 2.45) is 5.92 Å². The van der Waals surface area contributed by atoms with Crippen LogP contribution in [0.3, 0.4) is 0 Å². The van der Waals surface area contributed by atoms with Crippen molar-refractivity contribution in [3.63, 3.8) is 0 Å². The Balaban J connectivity index is 1.65. The van der Waals surface area contributed by atoms with E-state index in [1.807, 2.05) is 0 Å². The summed E-state index contributed by atoms with van der Waals surface area (Å²) in [5.74, 6) is 5.98. The van der Waals surface area contributed by atoms with E-state index in [9.17, 15) is 15.0 Å². The number of aromatic hydroxyl groups is 1. The molecule has 2 N–H and O–H groups in total. The van der Waals surface area contributed by atoms with Crippen LogP contribution in [0.15, 0.2) is 54.7 Å². The SMILES string of the molecule is C=C(CCC1CCCC1)N(Cc1ccc(C#CCCCCCCCC)cc1)c1ccc(O)c(C(=O)O)c1. The maximum atomic E-state index is 11.6. The highest BCUT2D eigenvalue weighted by molar-refractivity contribution is 5.92. The van der Waals surface area contributed by atoms with Crippen LogP contribution in [0.1, 0.15) is 112 Å². The summed E-state index contributed by atoms with van der Waals surface area (Å²) >= 11 is 0. The second-order valence-corrected chi connectivity index (χ2v) is 10.4. The quantitative estimate of drug-likeness (QED) is 0.201. The maximum Gasteiger partial charge on any atom is 0.339 e. The summed E-state index contributed by atoms with van der Waals surface area (Å²) in [6.45, 7) is 7.20. The number of carboxylic acid groups (broad SMARTS) is 1. The molecular formula is C33H43NO3. The first-order valence-electron chi connectivity index (χ1n) is 14.1. The van der Waals surface area contributed by atoms with E-state index in [0.717, 1.165) is 54.1 Å². The molecule has 2 aromatic carbocycles. The first-order valence-corrected chi connectivity index (χ1v) is 14.1. The van der Waals surface area contributed by atoms with E-state index in [0.29, 0.717) is 6.54 Å². The molecule has 0 unspecified atom stereocenters. The van der Waals surface area contributed by atoms with Crippen molar-refractivity contribution in [3.05, 3.63) is 71.4 Å². The first kappa shape index (κ1) is 28.4. The number of carbonyl (C=O) groups is 1. The summed E-state index contributed by atoms with van der Waals surface area (Å²) < 4.78 is 0. The number of aromatic carboxylic acids is 1. The summed E-state index contributed by atoms with van der Waals surface area (Å²) in [6.07, 6.45) is 15.8. The molecule has 1 saturated carbocycles. The molecule has 0 aromatic heterocycles. The van der Waals surface area contributed by atoms with Gasteiger partial charge in [0, 0.05) is 29.9 Å². The van der Waals surface area contributed by atoms with E-state index in [4.69, 9.17) is 0 Å². The summed E-state index contributed by atoms with van der Waals surface area (Å²) in [5.41, 5.74) is 3.72. The number of hydrogen-bond acceptors (Lipinski definition) is 3. The van der Waals surface area contributed by atoms with Gasteiger partial charge in [0.05, 0.1) is 0 Å². The lowest BCUT2D eigenvalue weighted by atomic mass is 10.00. The van der Waals surface area contributed by atoms with Crippen LogP contribution >= 0.6 is 0 Å². The molecule has 37 heavy (non-hydrogen) atoms. The first-order chi connectivity index (χ1) is 18.0. The normalized spacial score (nSPS) is 13.2. The molecule has 4 heteroatoms. The lowest BCUT2D eigenvalue weighted by Gasteiger charge is -2.28. The molecule has 3 rings (SSSR count). The minimum Gasteiger partial charge on any atom is -0.507 e. The molecule has 0 spiro atoms. The molecule has 0 amide bonds. The second-order valence-electron chi connectivity index (χ2n) is 10.4. The molecule has 0 saturated heterocycles. The highest BCUT2D eigenvalue weighted by Crippen LogP contribution is 2.33. The Labute approximate surface area is 223 Å². The van der Waals surface area contributed by atoms with Gasteiger partial charge in [-0.1, -0.05) is 95.3 Å². The van der Waals surface area contributed by atoms with Gasteiger partial charge >= 0.3 is 5.97 Å². The summed E-state index contributed by atoms with van der Waals surface area (Å²) in [7, 11) is 0. The zero-order valence-corrected chi connectivity index (χ0v) is 22.5. The van der Waals surface area contributed by atoms with E-state index < -0.39 is 5.97 Å². The molecule has 1 aliphatic carbocycles. The minimum absolute atomic E-state index is 0.0953. The van der Waals surface area contributed by atoms with Crippen LogP contribution < -0.4 is 4.90 Å². The van der Waals surface area contributed by atoms with E-state index in [-0.39, 0.29) is 11.3 Å². The lowest BCUT2D eigenvalue weighted by Crippen LogP contribution is -2.22. The third-order valence-corrected chi connectivity index (χ3v) is 7.40. The van der Waals surface area contributed by atoms with E-state index in [2.05, 4.69) is 54.5 Å². The fraction of sp³-hybridized carbons (Fsp3) is 0.485. The van der Waals surface area contributed by atoms with Gasteiger partial charge in [0.2, 0.25) is 0 Å². The Morgan fingerprint density at radius 1 is 1.03 bits per heavy atom. The van der Waals surface area contributed by atoms with E-state index in [1.165, 1.54) is 63.9 Å². The topological polar surface area (TPSA) is 60.8 Å². The summed E-state index contributed by atoms with van der Waals surface area (Å²) in [4.78, 5) is 13.7. The Bertz CT molecular complexity index is 1070. The van der Waals surface area contributed by atoms with Gasteiger partial charge in [-0.25, -0.2) is 4.79 Å². The van der Waals surface area contributed by atoms with Crippen LogP contribution in [0, 0.1) is 17.8 Å². The maximum absolute atomic E-state index is 11.6. The van der Waals surface area contributed by atoms with Crippen LogP contribution in [-0.4, -0.2) is 16.2 Å². The van der Waals surface area contributed by atoms with Gasteiger partial charge in [-0.05, 0) is 61.1 Å². The number of unbranched alkanes of at least 4 members (excludes halogenated alkanes) is 6. The lowest BCUT2D eigenvalue weighted by molar-refractivity contribution is 0.0693. The molecule has 1 fully saturated rings. The Kier molecular flexibility index (Phi) is 11.6. The molecule has 0 bridgehead atoms. The molecule has 0 aliphatic heterocycles. The smallest absolute Gasteiger partial charge is 0.339 e. The second kappa shape index (κ2) is 15.2. The third kappa shape index (κ3) is 9.32. The van der Waals surface area contributed by atoms with Crippen LogP contribution in [0.2, 0.25) is 0 Å². The molecular weight excluding hydrogens is 458 g/mol. The molecule has 0 radical (unpaired) electrons. The Hall–Kier alpha value is -3.19. The van der Waals surface area contributed by atoms with Crippen LogP contribution in [0.4, 0.5) is 5.69 Å². The predicted molar refractivity (Wildman–Crippen MR) is 153 cm³/mol. The van der Waals surface area contributed by atoms with Crippen LogP contribution in [0.5, 0.6) is 5.75 Å². The number of benzene rings is 2. The predicted octanol–water partition coefficient (Wildman–Crippen LogP) is 8.68. The number of allylic oxidation sites excluding steroid dienone is 1. The van der Waals surface area contributed by atoms with Crippen molar-refractivity contribution in [1.29, 1.82) is 0 Å². The van der Waals surface area contributed by atoms with E-state index in [1.54, 1.807) is 12.1 Å². The highest BCUT2D eigenvalue weighted by atomic mass is 16.4. The van der Waals surface area contributed by atoms with Crippen molar-refractivity contribution in [3.8, 4) is 17.6 Å². The Morgan fingerprint density at radius 2 is 1.73 bits per heavy atom. The van der Waals surface area contributed by atoms with Crippen LogP contribution in [0.25, 0.3) is 0 Å². The number of hydrogen-bond donors (Lipinski definition) is 2. The van der Waals surface area contributed by atoms with Crippen molar-refractivity contribution >= 4 is 11.7 Å². The van der Waals surface area contributed by atoms with Gasteiger partial charge in [0.15, 0.2) is 0 Å². The molecule has 0 heterocycles. The number of carboxylic acids is 1. The molecule has 4 nitrogen and oxygen atoms in total. The largest absolute Gasteiger partial charge is 0.507 e. The van der Waals surface area contributed by atoms with Gasteiger partial charge in [-0.15, -0.1) is 0 Å². The zero-order chi connectivity index (χ0) is 26.5. The molecule has 1 aliphatic rings. The standard InChI is InChI=1S/C33H43NO3/c1-3-4-5-6-7-8-9-10-13-28-18-20-29(21-19-28)25-34(26(2)16-17-27-14-11-12-15-27)30-22-23-32(35)31(24-30)33(36)37/h18-24,27,35H,2-9,11-12,14-17,25H2,1H3,(H,36,37). The summed E-state index contributed by atoms with van der Waals surface area (Å²) in [6, 6.07) is 13.1. The van der Waals surface area contributed by atoms with Crippen LogP contribution in [-0.2, 0) is 6.54 Å². The van der Waals surface area contributed by atoms with Crippen molar-refractivity contribution in [2.75, 3.05) is 4.90 Å². The fourth-order valence-corrected chi connectivity index (χ4v) is 5.09.